The number of hydrogen-bond donors (Lipinski definition) is 0. The Labute approximate surface area is 99.0 Å². The topological polar surface area (TPSA) is 30.2 Å². The van der Waals surface area contributed by atoms with Gasteiger partial charge < -0.3 is 0 Å². The minimum atomic E-state index is -0.354. The lowest BCUT2D eigenvalue weighted by atomic mass is 10.2. The Bertz CT molecular complexity index is 705. The average molecular weight is 280 g/mol. The molecule has 1 aromatic carbocycles. The molecule has 5 heteroatoms. The summed E-state index contributed by atoms with van der Waals surface area (Å²) >= 11 is 3.14. The Morgan fingerprint density at radius 3 is 2.88 bits per heavy atom. The molecule has 0 N–H and O–H groups in total. The first-order valence-corrected chi connectivity index (χ1v) is 5.55. The van der Waals surface area contributed by atoms with E-state index in [-0.39, 0.29) is 5.82 Å². The second kappa shape index (κ2) is 3.25. The number of hydrogen-bond acceptors (Lipinski definition) is 2. The average Bonchev–Trinajstić information content (AvgIpc) is 2.66. The maximum absolute atomic E-state index is 13.8. The van der Waals surface area contributed by atoms with E-state index >= 15 is 0 Å². The third kappa shape index (κ3) is 1.18. The zero-order chi connectivity index (χ0) is 11.3. The van der Waals surface area contributed by atoms with Crippen molar-refractivity contribution in [3.05, 3.63) is 40.4 Å². The molecule has 0 atom stereocenters. The molecular weight excluding hydrogens is 273 g/mol. The minimum Gasteiger partial charge on any atom is -0.249 e. The van der Waals surface area contributed by atoms with Gasteiger partial charge in [-0.1, -0.05) is 0 Å². The molecule has 0 saturated carbocycles. The predicted octanol–water partition coefficient (Wildman–Crippen LogP) is 3.09. The third-order valence-corrected chi connectivity index (χ3v) is 3.20. The Morgan fingerprint density at radius 1 is 1.25 bits per heavy atom. The van der Waals surface area contributed by atoms with Gasteiger partial charge in [0.15, 0.2) is 5.82 Å². The normalized spacial score (nSPS) is 11.4. The quantitative estimate of drug-likeness (QED) is 0.633. The highest BCUT2D eigenvalue weighted by Gasteiger charge is 2.10. The van der Waals surface area contributed by atoms with Crippen LogP contribution in [-0.4, -0.2) is 14.6 Å². The van der Waals surface area contributed by atoms with Gasteiger partial charge in [-0.15, -0.1) is 0 Å². The van der Waals surface area contributed by atoms with Crippen molar-refractivity contribution in [3.8, 4) is 0 Å². The van der Waals surface area contributed by atoms with Gasteiger partial charge in [0.1, 0.15) is 5.52 Å². The van der Waals surface area contributed by atoms with Crippen LogP contribution in [0.15, 0.2) is 29.0 Å². The lowest BCUT2D eigenvalue weighted by Gasteiger charge is -2.03. The molecular formula is C11H7BrFN3. The standard InChI is InChI=1S/C11H7BrFN3/c1-6-4-15-16-8-3-2-7(12)10(13)11(8)14-5-9(6)16/h2-5H,1H3. The van der Waals surface area contributed by atoms with Gasteiger partial charge in [0.2, 0.25) is 0 Å². The van der Waals surface area contributed by atoms with Gasteiger partial charge in [-0.25, -0.2) is 13.9 Å². The molecule has 3 aromatic rings. The van der Waals surface area contributed by atoms with Crippen LogP contribution in [-0.2, 0) is 0 Å². The number of aryl methyl sites for hydroxylation is 1. The summed E-state index contributed by atoms with van der Waals surface area (Å²) in [5.74, 6) is -0.354. The fourth-order valence-electron chi connectivity index (χ4n) is 1.74. The van der Waals surface area contributed by atoms with Crippen LogP contribution >= 0.6 is 15.9 Å². The number of benzene rings is 1. The van der Waals surface area contributed by atoms with E-state index < -0.39 is 0 Å². The van der Waals surface area contributed by atoms with Crippen molar-refractivity contribution in [2.75, 3.05) is 0 Å². The van der Waals surface area contributed by atoms with Crippen LogP contribution in [0.1, 0.15) is 5.56 Å². The monoisotopic (exact) mass is 279 g/mol. The van der Waals surface area contributed by atoms with Gasteiger partial charge in [0, 0.05) is 0 Å². The predicted molar refractivity (Wildman–Crippen MR) is 62.9 cm³/mol. The van der Waals surface area contributed by atoms with Gasteiger partial charge in [0.05, 0.1) is 27.9 Å². The lowest BCUT2D eigenvalue weighted by Crippen LogP contribution is -1.95. The molecule has 16 heavy (non-hydrogen) atoms. The first-order valence-electron chi connectivity index (χ1n) is 4.75. The second-order valence-electron chi connectivity index (χ2n) is 3.61. The summed E-state index contributed by atoms with van der Waals surface area (Å²) in [5, 5.41) is 4.21. The molecule has 0 radical (unpaired) electrons. The summed E-state index contributed by atoms with van der Waals surface area (Å²) in [6.07, 6.45) is 3.39. The van der Waals surface area contributed by atoms with E-state index in [0.717, 1.165) is 11.1 Å². The van der Waals surface area contributed by atoms with Crippen molar-refractivity contribution in [3.63, 3.8) is 0 Å². The zero-order valence-corrected chi connectivity index (χ0v) is 9.99. The van der Waals surface area contributed by atoms with Crippen molar-refractivity contribution in [2.45, 2.75) is 6.92 Å². The number of rotatable bonds is 0. The van der Waals surface area contributed by atoms with Crippen LogP contribution in [0.5, 0.6) is 0 Å². The van der Waals surface area contributed by atoms with E-state index in [4.69, 9.17) is 0 Å². The van der Waals surface area contributed by atoms with Gasteiger partial charge >= 0.3 is 0 Å². The SMILES string of the molecule is Cc1cnn2c1cnc1c(F)c(Br)ccc12. The Morgan fingerprint density at radius 2 is 2.06 bits per heavy atom. The van der Waals surface area contributed by atoms with Crippen LogP contribution in [0.4, 0.5) is 4.39 Å². The molecule has 0 amide bonds. The molecule has 3 nitrogen and oxygen atoms in total. The summed E-state index contributed by atoms with van der Waals surface area (Å²) in [6, 6.07) is 3.46. The zero-order valence-electron chi connectivity index (χ0n) is 8.41. The molecule has 0 aliphatic heterocycles. The molecule has 0 aliphatic carbocycles. The van der Waals surface area contributed by atoms with Gasteiger partial charge in [0.25, 0.3) is 0 Å². The van der Waals surface area contributed by atoms with Crippen molar-refractivity contribution in [1.29, 1.82) is 0 Å². The molecule has 0 fully saturated rings. The summed E-state index contributed by atoms with van der Waals surface area (Å²) in [6.45, 7) is 1.95. The van der Waals surface area contributed by atoms with Crippen LogP contribution in [0, 0.1) is 12.7 Å². The van der Waals surface area contributed by atoms with E-state index in [1.54, 1.807) is 29.0 Å². The molecule has 0 unspecified atom stereocenters. The Hall–Kier alpha value is -1.49. The van der Waals surface area contributed by atoms with Crippen molar-refractivity contribution < 1.29 is 4.39 Å². The molecule has 0 saturated heterocycles. The first kappa shape index (κ1) is 9.72. The first-order chi connectivity index (χ1) is 7.68. The molecule has 0 aliphatic rings. The van der Waals surface area contributed by atoms with Crippen molar-refractivity contribution >= 4 is 32.5 Å². The van der Waals surface area contributed by atoms with Crippen LogP contribution in [0.25, 0.3) is 16.6 Å². The number of nitrogens with zero attached hydrogens (tertiary/aromatic N) is 3. The fourth-order valence-corrected chi connectivity index (χ4v) is 2.06. The molecule has 0 bridgehead atoms. The highest BCUT2D eigenvalue weighted by Crippen LogP contribution is 2.24. The fraction of sp³-hybridized carbons (Fsp3) is 0.0909. The van der Waals surface area contributed by atoms with E-state index in [9.17, 15) is 4.39 Å². The maximum atomic E-state index is 13.8. The van der Waals surface area contributed by atoms with Gasteiger partial charge in [-0.3, -0.25) is 0 Å². The third-order valence-electron chi connectivity index (χ3n) is 2.59. The van der Waals surface area contributed by atoms with E-state index in [1.807, 2.05) is 6.92 Å². The smallest absolute Gasteiger partial charge is 0.165 e. The number of fused-ring (bicyclic) bond motifs is 3. The van der Waals surface area contributed by atoms with E-state index in [1.165, 1.54) is 0 Å². The largest absolute Gasteiger partial charge is 0.249 e. The molecule has 3 rings (SSSR count). The van der Waals surface area contributed by atoms with Crippen molar-refractivity contribution in [1.82, 2.24) is 14.6 Å². The molecule has 0 spiro atoms. The number of aromatic nitrogens is 3. The highest BCUT2D eigenvalue weighted by atomic mass is 79.9. The maximum Gasteiger partial charge on any atom is 0.165 e. The molecule has 80 valence electrons. The van der Waals surface area contributed by atoms with E-state index in [0.29, 0.717) is 15.5 Å². The summed E-state index contributed by atoms with van der Waals surface area (Å²) in [7, 11) is 0. The second-order valence-corrected chi connectivity index (χ2v) is 4.47. The van der Waals surface area contributed by atoms with Crippen LogP contribution in [0.2, 0.25) is 0 Å². The van der Waals surface area contributed by atoms with Crippen molar-refractivity contribution in [2.24, 2.45) is 0 Å². The van der Waals surface area contributed by atoms with Gasteiger partial charge in [-0.2, -0.15) is 5.10 Å². The molecule has 2 heterocycles. The minimum absolute atomic E-state index is 0.324. The van der Waals surface area contributed by atoms with Crippen LogP contribution < -0.4 is 0 Å². The molecule has 2 aromatic heterocycles. The Kier molecular flexibility index (Phi) is 1.97. The highest BCUT2D eigenvalue weighted by molar-refractivity contribution is 9.10. The van der Waals surface area contributed by atoms with E-state index in [2.05, 4.69) is 26.0 Å². The summed E-state index contributed by atoms with van der Waals surface area (Å²) < 4.78 is 15.9. The number of halogens is 2. The van der Waals surface area contributed by atoms with Gasteiger partial charge in [-0.05, 0) is 40.5 Å². The van der Waals surface area contributed by atoms with Crippen LogP contribution in [0.3, 0.4) is 0 Å². The summed E-state index contributed by atoms with van der Waals surface area (Å²) in [5.41, 5.74) is 2.92. The Balaban J connectivity index is 2.57. The summed E-state index contributed by atoms with van der Waals surface area (Å²) in [4.78, 5) is 4.14. The lowest BCUT2D eigenvalue weighted by molar-refractivity contribution is 0.629.